The molecule has 2 heteroatoms. The minimum absolute atomic E-state index is 0.372. The molecular weight excluding hydrogens is 304 g/mol. The van der Waals surface area contributed by atoms with Gasteiger partial charge in [-0.05, 0) is 54.9 Å². The summed E-state index contributed by atoms with van der Waals surface area (Å²) in [6, 6.07) is 0. The second-order valence-corrected chi connectivity index (χ2v) is 10.7. The first-order chi connectivity index (χ1) is 11.6. The third-order valence-electron chi connectivity index (χ3n) is 5.39. The summed E-state index contributed by atoms with van der Waals surface area (Å²) in [5.74, 6) is 1.65. The minimum Gasteiger partial charge on any atom is -0.266 e. The maximum atomic E-state index is 2.73. The van der Waals surface area contributed by atoms with E-state index in [0.29, 0.717) is 10.8 Å². The molecule has 25 heavy (non-hydrogen) atoms. The van der Waals surface area contributed by atoms with Crippen LogP contribution in [0.5, 0.6) is 0 Å². The summed E-state index contributed by atoms with van der Waals surface area (Å²) in [5, 5.41) is 0. The van der Waals surface area contributed by atoms with Crippen LogP contribution >= 0.6 is 0 Å². The summed E-state index contributed by atoms with van der Waals surface area (Å²) in [4.78, 5) is 2.73. The normalized spacial score (nSPS) is 20.6. The summed E-state index contributed by atoms with van der Waals surface area (Å²) in [6.45, 7) is 19.2. The first-order valence-electron chi connectivity index (χ1n) is 10.7. The summed E-state index contributed by atoms with van der Waals surface area (Å²) >= 11 is 0. The van der Waals surface area contributed by atoms with E-state index in [2.05, 4.69) is 57.1 Å². The van der Waals surface area contributed by atoms with Crippen LogP contribution in [0.3, 0.4) is 0 Å². The van der Waals surface area contributed by atoms with Crippen LogP contribution in [0.15, 0.2) is 11.6 Å². The van der Waals surface area contributed by atoms with E-state index in [1.165, 1.54) is 71.0 Å². The molecule has 2 heterocycles. The largest absolute Gasteiger partial charge is 0.266 e. The number of hydrogen-bond donors (Lipinski definition) is 0. The Balaban J connectivity index is 2.10. The van der Waals surface area contributed by atoms with Crippen molar-refractivity contribution in [2.24, 2.45) is 10.8 Å². The summed E-state index contributed by atoms with van der Waals surface area (Å²) in [6.07, 6.45) is 13.1. The number of hydrogen-bond acceptors (Lipinski definition) is 1. The Kier molecular flexibility index (Phi) is 7.17. The Bertz CT molecular complexity index is 485. The molecule has 0 atom stereocenters. The number of rotatable bonds is 5. The Hall–Kier alpha value is -0.790. The average molecular weight is 348 g/mol. The molecule has 0 saturated heterocycles. The summed E-state index contributed by atoms with van der Waals surface area (Å²) in [7, 11) is 0. The fourth-order valence-corrected chi connectivity index (χ4v) is 4.23. The van der Waals surface area contributed by atoms with Gasteiger partial charge in [-0.25, -0.2) is 0 Å². The molecule has 0 bridgehead atoms. The number of allylic oxidation sites excluding steroid dienone is 1. The van der Waals surface area contributed by atoms with Crippen LogP contribution in [0.25, 0.3) is 0 Å². The summed E-state index contributed by atoms with van der Waals surface area (Å²) < 4.78 is 2.69. The van der Waals surface area contributed by atoms with E-state index in [-0.39, 0.29) is 0 Å². The van der Waals surface area contributed by atoms with E-state index in [1.54, 1.807) is 11.4 Å². The lowest BCUT2D eigenvalue weighted by Gasteiger charge is -2.29. The third-order valence-corrected chi connectivity index (χ3v) is 5.39. The van der Waals surface area contributed by atoms with Crippen LogP contribution in [0.1, 0.15) is 92.9 Å². The van der Waals surface area contributed by atoms with Gasteiger partial charge in [0.25, 0.3) is 0 Å². The van der Waals surface area contributed by atoms with Crippen LogP contribution < -0.4 is 0 Å². The van der Waals surface area contributed by atoms with E-state index in [9.17, 15) is 0 Å². The second-order valence-electron chi connectivity index (χ2n) is 10.7. The molecule has 0 N–H and O–H groups in total. The fraction of sp³-hybridized carbons (Fsp3) is 0.870. The standard InChI is InChI=1S/C23H43N2/c1-22(2,3)14-10-12-20(18-23(4,5)6)19-25-17-11-16-24-15-9-7-8-13-21(24)25/h12H,7-11,13-19H2,1-6H3/q+1/b20-12+. The van der Waals surface area contributed by atoms with Crippen LogP contribution in [-0.4, -0.2) is 41.5 Å². The van der Waals surface area contributed by atoms with Crippen molar-refractivity contribution < 1.29 is 4.58 Å². The highest BCUT2D eigenvalue weighted by molar-refractivity contribution is 5.78. The Morgan fingerprint density at radius 3 is 2.36 bits per heavy atom. The molecule has 0 saturated carbocycles. The molecule has 0 fully saturated rings. The first kappa shape index (κ1) is 20.5. The zero-order chi connectivity index (χ0) is 18.5. The van der Waals surface area contributed by atoms with Crippen LogP contribution in [-0.2, 0) is 0 Å². The van der Waals surface area contributed by atoms with Gasteiger partial charge in [-0.15, -0.1) is 0 Å². The van der Waals surface area contributed by atoms with Crippen molar-refractivity contribution in [1.29, 1.82) is 0 Å². The molecule has 0 radical (unpaired) electrons. The van der Waals surface area contributed by atoms with Gasteiger partial charge >= 0.3 is 0 Å². The molecule has 2 rings (SSSR count). The maximum absolute atomic E-state index is 2.73. The predicted molar refractivity (Wildman–Crippen MR) is 111 cm³/mol. The third kappa shape index (κ3) is 7.54. The van der Waals surface area contributed by atoms with Gasteiger partial charge in [0.15, 0.2) is 0 Å². The molecule has 0 aromatic rings. The average Bonchev–Trinajstić information content (AvgIpc) is 2.70. The van der Waals surface area contributed by atoms with Gasteiger partial charge in [-0.2, -0.15) is 0 Å². The smallest absolute Gasteiger partial charge is 0.247 e. The van der Waals surface area contributed by atoms with Gasteiger partial charge in [-0.1, -0.05) is 47.6 Å². The SMILES string of the molecule is CC(C)(C)CC/C=C(/CN1CCC[N+]2=C1CCCCC2)CC(C)(C)C. The first-order valence-corrected chi connectivity index (χ1v) is 10.7. The fourth-order valence-electron chi connectivity index (χ4n) is 4.23. The molecule has 0 spiro atoms. The molecule has 2 aliphatic heterocycles. The molecule has 0 unspecified atom stereocenters. The van der Waals surface area contributed by atoms with E-state index in [4.69, 9.17) is 0 Å². The van der Waals surface area contributed by atoms with E-state index < -0.39 is 0 Å². The van der Waals surface area contributed by atoms with Crippen molar-refractivity contribution in [3.8, 4) is 0 Å². The van der Waals surface area contributed by atoms with Crippen molar-refractivity contribution in [2.45, 2.75) is 92.9 Å². The maximum Gasteiger partial charge on any atom is 0.247 e. The predicted octanol–water partition coefficient (Wildman–Crippen LogP) is 5.87. The van der Waals surface area contributed by atoms with Gasteiger partial charge < -0.3 is 0 Å². The lowest BCUT2D eigenvalue weighted by Crippen LogP contribution is -2.45. The molecular formula is C23H43N2+. The van der Waals surface area contributed by atoms with Crippen molar-refractivity contribution in [1.82, 2.24) is 4.90 Å². The lowest BCUT2D eigenvalue weighted by molar-refractivity contribution is -0.538. The number of amidine groups is 1. The van der Waals surface area contributed by atoms with Crippen molar-refractivity contribution in [3.63, 3.8) is 0 Å². The Morgan fingerprint density at radius 1 is 0.960 bits per heavy atom. The monoisotopic (exact) mass is 347 g/mol. The molecule has 0 amide bonds. The highest BCUT2D eigenvalue weighted by Gasteiger charge is 2.29. The van der Waals surface area contributed by atoms with Crippen molar-refractivity contribution in [3.05, 3.63) is 11.6 Å². The van der Waals surface area contributed by atoms with Gasteiger partial charge in [0.05, 0.1) is 19.6 Å². The van der Waals surface area contributed by atoms with Gasteiger partial charge in [-0.3, -0.25) is 9.48 Å². The summed E-state index contributed by atoms with van der Waals surface area (Å²) in [5.41, 5.74) is 2.47. The van der Waals surface area contributed by atoms with Crippen molar-refractivity contribution in [2.75, 3.05) is 26.2 Å². The lowest BCUT2D eigenvalue weighted by atomic mass is 9.85. The van der Waals surface area contributed by atoms with E-state index >= 15 is 0 Å². The highest BCUT2D eigenvalue weighted by Crippen LogP contribution is 2.28. The van der Waals surface area contributed by atoms with Gasteiger partial charge in [0.2, 0.25) is 5.84 Å². The van der Waals surface area contributed by atoms with E-state index in [1.807, 2.05) is 0 Å². The molecule has 2 aliphatic rings. The molecule has 0 aromatic carbocycles. The van der Waals surface area contributed by atoms with Crippen molar-refractivity contribution >= 4 is 5.84 Å². The molecule has 0 aliphatic carbocycles. The van der Waals surface area contributed by atoms with Crippen LogP contribution in [0.4, 0.5) is 0 Å². The topological polar surface area (TPSA) is 6.25 Å². The number of nitrogens with zero attached hydrogens (tertiary/aromatic N) is 2. The highest BCUT2D eigenvalue weighted by atomic mass is 15.3. The molecule has 144 valence electrons. The Labute approximate surface area is 157 Å². The van der Waals surface area contributed by atoms with Gasteiger partial charge in [0.1, 0.15) is 6.54 Å². The second kappa shape index (κ2) is 8.73. The zero-order valence-electron chi connectivity index (χ0n) is 18.0. The molecule has 0 aromatic heterocycles. The van der Waals surface area contributed by atoms with Gasteiger partial charge in [0, 0.05) is 12.8 Å². The zero-order valence-corrected chi connectivity index (χ0v) is 18.0. The Morgan fingerprint density at radius 2 is 1.68 bits per heavy atom. The minimum atomic E-state index is 0.372. The quantitative estimate of drug-likeness (QED) is 0.445. The molecule has 2 nitrogen and oxygen atoms in total. The van der Waals surface area contributed by atoms with Crippen LogP contribution in [0.2, 0.25) is 0 Å². The van der Waals surface area contributed by atoms with E-state index in [0.717, 1.165) is 6.54 Å². The van der Waals surface area contributed by atoms with Crippen LogP contribution in [0, 0.1) is 10.8 Å².